The van der Waals surface area contributed by atoms with Crippen LogP contribution in [0, 0.1) is 3.83 Å². The molecule has 3 N–H and O–H groups in total. The number of hydrogen-bond acceptors (Lipinski definition) is 10. The van der Waals surface area contributed by atoms with E-state index in [2.05, 4.69) is 61.9 Å². The lowest BCUT2D eigenvalue weighted by atomic mass is 10.0. The molecular weight excluding hydrogens is 871 g/mol. The minimum atomic E-state index is -0.120. The zero-order chi connectivity index (χ0) is 43.0. The predicted octanol–water partition coefficient (Wildman–Crippen LogP) is 9.27. The van der Waals surface area contributed by atoms with Crippen molar-refractivity contribution < 1.29 is 24.2 Å². The van der Waals surface area contributed by atoms with Crippen LogP contribution < -0.4 is 25.0 Å². The van der Waals surface area contributed by atoms with E-state index in [1.807, 2.05) is 27.9 Å². The number of fused-ring (bicyclic) bond motifs is 1. The number of ether oxygens (including phenoxy) is 2. The lowest BCUT2D eigenvalue weighted by molar-refractivity contribution is -0.131. The molecule has 1 atom stereocenters. The van der Waals surface area contributed by atoms with E-state index in [0.717, 1.165) is 49.8 Å². The van der Waals surface area contributed by atoms with Gasteiger partial charge in [0.05, 0.1) is 45.2 Å². The van der Waals surface area contributed by atoms with Crippen molar-refractivity contribution in [1.82, 2.24) is 30.0 Å². The summed E-state index contributed by atoms with van der Waals surface area (Å²) < 4.78 is 14.2. The number of piperazine rings is 1. The van der Waals surface area contributed by atoms with Crippen molar-refractivity contribution in [3.8, 4) is 11.5 Å². The Morgan fingerprint density at radius 1 is 0.783 bits per heavy atom. The molecule has 0 spiro atoms. The van der Waals surface area contributed by atoms with Gasteiger partial charge in [0.15, 0.2) is 15.2 Å². The Morgan fingerprint density at radius 2 is 1.37 bits per heavy atom. The number of halogens is 1. The number of nitrogens with zero attached hydrogens (tertiary/aromatic N) is 6. The number of hydrogen-bond donors (Lipinski definition) is 3. The highest BCUT2D eigenvalue weighted by atomic mass is 127. The van der Waals surface area contributed by atoms with Crippen LogP contribution in [0.1, 0.15) is 154 Å². The van der Waals surface area contributed by atoms with Gasteiger partial charge in [-0.3, -0.25) is 14.3 Å². The number of carbonyl (C=O) groups is 2. The van der Waals surface area contributed by atoms with E-state index >= 15 is 0 Å². The molecular formula is C46H75IN8O5. The number of rotatable bonds is 31. The topological polar surface area (TPSA) is 147 Å². The maximum atomic E-state index is 13.1. The van der Waals surface area contributed by atoms with Crippen LogP contribution in [0.25, 0.3) is 11.0 Å². The number of unbranched alkanes of at least 4 members (excludes halogenated alkanes) is 15. The molecule has 0 radical (unpaired) electrons. The average Bonchev–Trinajstić information content (AvgIpc) is 3.67. The summed E-state index contributed by atoms with van der Waals surface area (Å²) in [5, 5.41) is 21.1. The first-order valence-electron chi connectivity index (χ1n) is 23.1. The maximum Gasteiger partial charge on any atom is 0.222 e. The molecule has 14 heteroatoms. The van der Waals surface area contributed by atoms with Gasteiger partial charge in [0.2, 0.25) is 11.8 Å². The summed E-state index contributed by atoms with van der Waals surface area (Å²) in [6.45, 7) is 8.09. The molecule has 336 valence electrons. The second kappa shape index (κ2) is 28.2. The van der Waals surface area contributed by atoms with Gasteiger partial charge in [-0.05, 0) is 25.7 Å². The lowest BCUT2D eigenvalue weighted by Gasteiger charge is -2.36. The third kappa shape index (κ3) is 16.8. The molecule has 0 unspecified atom stereocenters. The third-order valence-corrected chi connectivity index (χ3v) is 12.1. The summed E-state index contributed by atoms with van der Waals surface area (Å²) in [5.41, 5.74) is 3.17. The van der Waals surface area contributed by atoms with Crippen LogP contribution >= 0.6 is 22.6 Å². The van der Waals surface area contributed by atoms with Crippen molar-refractivity contribution in [2.75, 3.05) is 63.8 Å². The molecule has 3 aromatic rings. The fourth-order valence-electron chi connectivity index (χ4n) is 8.08. The molecule has 0 aliphatic carbocycles. The van der Waals surface area contributed by atoms with Gasteiger partial charge in [-0.2, -0.15) is 5.10 Å². The van der Waals surface area contributed by atoms with Crippen LogP contribution in [0.4, 0.5) is 11.5 Å². The minimum Gasteiger partial charge on any atom is -0.496 e. The SMILES string of the molecule is CCCCCCCCCCCCCCCCCC(=O)NCCCCC(=O)N1CCN(c2cc(OC)c(Cn3cc4nc(I)nc(N[C@H](CO)CCC)c4n3)c(OC)c2)CC1. The molecule has 0 bridgehead atoms. The lowest BCUT2D eigenvalue weighted by Crippen LogP contribution is -2.48. The monoisotopic (exact) mass is 946 g/mol. The molecule has 1 aromatic carbocycles. The fourth-order valence-corrected chi connectivity index (χ4v) is 8.58. The number of amides is 2. The van der Waals surface area contributed by atoms with Gasteiger partial charge >= 0.3 is 0 Å². The molecule has 1 fully saturated rings. The fraction of sp³-hybridized carbons (Fsp3) is 0.717. The van der Waals surface area contributed by atoms with Crippen LogP contribution in [-0.4, -0.2) is 101 Å². The molecule has 60 heavy (non-hydrogen) atoms. The first-order chi connectivity index (χ1) is 29.3. The van der Waals surface area contributed by atoms with E-state index in [-0.39, 0.29) is 24.5 Å². The Morgan fingerprint density at radius 3 is 1.93 bits per heavy atom. The highest BCUT2D eigenvalue weighted by Crippen LogP contribution is 2.36. The van der Waals surface area contributed by atoms with E-state index in [1.165, 1.54) is 83.5 Å². The van der Waals surface area contributed by atoms with Gasteiger partial charge < -0.3 is 35.0 Å². The van der Waals surface area contributed by atoms with Crippen LogP contribution in [0.5, 0.6) is 11.5 Å². The number of nitrogens with one attached hydrogen (secondary N) is 2. The standard InChI is InChI=1S/C46H75IN8O5/c1-5-7-8-9-10-11-12-13-14-15-16-17-18-19-20-24-42(57)48-26-22-21-25-43(58)54-29-27-53(28-30-54)37-31-40(59-3)38(41(32-37)60-4)33-55-34-39-44(52-55)45(51-46(47)50-39)49-36(35-56)23-6-2/h31-32,34,36,56H,5-30,33,35H2,1-4H3,(H,48,57)(H,49,50,51)/t36-/m0/s1. The summed E-state index contributed by atoms with van der Waals surface area (Å²) >= 11 is 2.10. The van der Waals surface area contributed by atoms with Crippen molar-refractivity contribution in [3.05, 3.63) is 27.7 Å². The largest absolute Gasteiger partial charge is 0.496 e. The number of aliphatic hydroxyl groups is 1. The molecule has 1 saturated heterocycles. The van der Waals surface area contributed by atoms with E-state index in [0.29, 0.717) is 84.3 Å². The molecule has 1 aliphatic heterocycles. The Balaban J connectivity index is 1.11. The van der Waals surface area contributed by atoms with Gasteiger partial charge in [-0.1, -0.05) is 110 Å². The molecule has 3 heterocycles. The summed E-state index contributed by atoms with van der Waals surface area (Å²) in [5.74, 6) is 2.28. The van der Waals surface area contributed by atoms with Crippen molar-refractivity contribution >= 4 is 56.9 Å². The summed E-state index contributed by atoms with van der Waals surface area (Å²) in [6.07, 6.45) is 26.1. The number of benzene rings is 1. The second-order valence-corrected chi connectivity index (χ2v) is 17.4. The number of carbonyl (C=O) groups excluding carboxylic acids is 2. The normalized spacial score (nSPS) is 13.5. The van der Waals surface area contributed by atoms with Crippen LogP contribution in [0.2, 0.25) is 0 Å². The Hall–Kier alpha value is -3.40. The Bertz CT molecular complexity index is 1670. The van der Waals surface area contributed by atoms with Crippen LogP contribution in [-0.2, 0) is 16.1 Å². The molecule has 4 rings (SSSR count). The van der Waals surface area contributed by atoms with E-state index in [1.54, 1.807) is 14.2 Å². The second-order valence-electron chi connectivity index (χ2n) is 16.4. The number of aliphatic hydroxyl groups excluding tert-OH is 1. The minimum absolute atomic E-state index is 0.00435. The van der Waals surface area contributed by atoms with Crippen LogP contribution in [0.3, 0.4) is 0 Å². The zero-order valence-corrected chi connectivity index (χ0v) is 39.4. The van der Waals surface area contributed by atoms with Gasteiger partial charge in [0, 0.05) is 86.0 Å². The van der Waals surface area contributed by atoms with Crippen molar-refractivity contribution in [3.63, 3.8) is 0 Å². The van der Waals surface area contributed by atoms with Crippen LogP contribution in [0.15, 0.2) is 18.3 Å². The molecule has 13 nitrogen and oxygen atoms in total. The first-order valence-corrected chi connectivity index (χ1v) is 24.2. The van der Waals surface area contributed by atoms with E-state index < -0.39 is 0 Å². The quantitative estimate of drug-likeness (QED) is 0.0324. The smallest absolute Gasteiger partial charge is 0.222 e. The van der Waals surface area contributed by atoms with Gasteiger partial charge in [-0.25, -0.2) is 9.97 Å². The highest BCUT2D eigenvalue weighted by Gasteiger charge is 2.24. The maximum absolute atomic E-state index is 13.1. The van der Waals surface area contributed by atoms with Crippen molar-refractivity contribution in [2.24, 2.45) is 0 Å². The average molecular weight is 947 g/mol. The summed E-state index contributed by atoms with van der Waals surface area (Å²) in [6, 6.07) is 3.93. The van der Waals surface area contributed by atoms with Gasteiger partial charge in [0.1, 0.15) is 17.0 Å². The first kappa shape index (κ1) is 49.3. The Labute approximate surface area is 373 Å². The zero-order valence-electron chi connectivity index (χ0n) is 37.2. The summed E-state index contributed by atoms with van der Waals surface area (Å²) in [4.78, 5) is 38.8. The third-order valence-electron chi connectivity index (χ3n) is 11.6. The highest BCUT2D eigenvalue weighted by molar-refractivity contribution is 14.1. The molecule has 1 aliphatic rings. The molecule has 2 amide bonds. The predicted molar refractivity (Wildman–Crippen MR) is 251 cm³/mol. The van der Waals surface area contributed by atoms with Gasteiger partial charge in [-0.15, -0.1) is 0 Å². The van der Waals surface area contributed by atoms with E-state index in [9.17, 15) is 14.7 Å². The van der Waals surface area contributed by atoms with E-state index in [4.69, 9.17) is 14.6 Å². The number of aromatic nitrogens is 4. The molecule has 2 aromatic heterocycles. The number of methoxy groups -OCH3 is 2. The summed E-state index contributed by atoms with van der Waals surface area (Å²) in [7, 11) is 3.31. The van der Waals surface area contributed by atoms with Crippen molar-refractivity contribution in [1.29, 1.82) is 0 Å². The number of anilines is 2. The Kier molecular flexibility index (Phi) is 23.2. The van der Waals surface area contributed by atoms with Crippen molar-refractivity contribution in [2.45, 2.75) is 161 Å². The van der Waals surface area contributed by atoms with Gasteiger partial charge in [0.25, 0.3) is 0 Å². The molecule has 0 saturated carbocycles.